The summed E-state index contributed by atoms with van der Waals surface area (Å²) >= 11 is 3.34. The van der Waals surface area contributed by atoms with E-state index in [1.54, 1.807) is 10.7 Å². The minimum atomic E-state index is 0.296. The Morgan fingerprint density at radius 3 is 2.67 bits per heavy atom. The van der Waals surface area contributed by atoms with E-state index in [0.29, 0.717) is 10.4 Å². The van der Waals surface area contributed by atoms with Crippen LogP contribution in [0.25, 0.3) is 11.3 Å². The van der Waals surface area contributed by atoms with Crippen LogP contribution in [0.15, 0.2) is 22.8 Å². The zero-order valence-corrected chi connectivity index (χ0v) is 9.98. The lowest BCUT2D eigenvalue weighted by Crippen LogP contribution is -1.94. The maximum atomic E-state index is 9.43. The zero-order valence-electron chi connectivity index (χ0n) is 8.40. The highest BCUT2D eigenvalue weighted by Gasteiger charge is 2.11. The highest BCUT2D eigenvalue weighted by atomic mass is 79.9. The Morgan fingerprint density at radius 2 is 2.13 bits per heavy atom. The molecule has 0 amide bonds. The molecule has 1 N–H and O–H groups in total. The van der Waals surface area contributed by atoms with Crippen molar-refractivity contribution in [3.63, 3.8) is 0 Å². The zero-order chi connectivity index (χ0) is 11.0. The lowest BCUT2D eigenvalue weighted by molar-refractivity contribution is 0.471. The van der Waals surface area contributed by atoms with Crippen LogP contribution in [0, 0.1) is 6.92 Å². The number of hydrogen-bond donors (Lipinski definition) is 1. The normalized spacial score (nSPS) is 10.6. The molecule has 0 fully saturated rings. The monoisotopic (exact) mass is 267 g/mol. The molecule has 0 atom stereocenters. The van der Waals surface area contributed by atoms with E-state index in [1.807, 2.05) is 26.1 Å². The number of hydrogen-bond acceptors (Lipinski definition) is 3. The molecule has 0 saturated heterocycles. The first-order chi connectivity index (χ1) is 7.09. The van der Waals surface area contributed by atoms with E-state index in [0.717, 1.165) is 16.8 Å². The second-order valence-electron chi connectivity index (χ2n) is 3.35. The van der Waals surface area contributed by atoms with Crippen molar-refractivity contribution < 1.29 is 5.11 Å². The van der Waals surface area contributed by atoms with Crippen molar-refractivity contribution in [1.29, 1.82) is 0 Å². The van der Waals surface area contributed by atoms with Crippen LogP contribution < -0.4 is 0 Å². The number of phenols is 1. The van der Waals surface area contributed by atoms with Crippen LogP contribution in [0.1, 0.15) is 5.56 Å². The van der Waals surface area contributed by atoms with Crippen LogP contribution in [0.2, 0.25) is 0 Å². The third kappa shape index (κ3) is 1.74. The van der Waals surface area contributed by atoms with Crippen LogP contribution >= 0.6 is 15.9 Å². The molecule has 0 spiro atoms. The number of aromatic nitrogens is 3. The van der Waals surface area contributed by atoms with Crippen molar-refractivity contribution in [2.45, 2.75) is 6.92 Å². The van der Waals surface area contributed by atoms with E-state index in [2.05, 4.69) is 26.2 Å². The van der Waals surface area contributed by atoms with Gasteiger partial charge in [0, 0.05) is 12.6 Å². The number of halogens is 1. The van der Waals surface area contributed by atoms with E-state index in [-0.39, 0.29) is 0 Å². The molecule has 5 heteroatoms. The number of aromatic hydroxyl groups is 1. The van der Waals surface area contributed by atoms with Gasteiger partial charge >= 0.3 is 0 Å². The summed E-state index contributed by atoms with van der Waals surface area (Å²) in [5.74, 6) is 0.296. The summed E-state index contributed by atoms with van der Waals surface area (Å²) in [6, 6.07) is 5.41. The van der Waals surface area contributed by atoms with Crippen molar-refractivity contribution in [1.82, 2.24) is 15.0 Å². The Hall–Kier alpha value is -1.36. The second kappa shape index (κ2) is 3.66. The molecule has 0 radical (unpaired) electrons. The van der Waals surface area contributed by atoms with Gasteiger partial charge in [0.05, 0.1) is 0 Å². The van der Waals surface area contributed by atoms with Crippen LogP contribution in [0.3, 0.4) is 0 Å². The SMILES string of the molecule is Cc1cc(-c2c(Br)nnn2C)ccc1O. The van der Waals surface area contributed by atoms with Gasteiger partial charge in [-0.1, -0.05) is 5.21 Å². The number of benzene rings is 1. The lowest BCUT2D eigenvalue weighted by atomic mass is 10.1. The molecule has 2 aromatic rings. The van der Waals surface area contributed by atoms with Crippen LogP contribution in [0.5, 0.6) is 5.75 Å². The summed E-state index contributed by atoms with van der Waals surface area (Å²) < 4.78 is 2.39. The molecule has 1 heterocycles. The highest BCUT2D eigenvalue weighted by Crippen LogP contribution is 2.28. The van der Waals surface area contributed by atoms with E-state index in [9.17, 15) is 5.11 Å². The van der Waals surface area contributed by atoms with Crippen molar-refractivity contribution >= 4 is 15.9 Å². The molecule has 0 aliphatic carbocycles. The van der Waals surface area contributed by atoms with E-state index >= 15 is 0 Å². The second-order valence-corrected chi connectivity index (χ2v) is 4.10. The molecule has 1 aromatic carbocycles. The number of phenolic OH excluding ortho intramolecular Hbond substituents is 1. The number of rotatable bonds is 1. The Bertz CT molecular complexity index is 488. The molecule has 15 heavy (non-hydrogen) atoms. The molecular weight excluding hydrogens is 258 g/mol. The molecule has 78 valence electrons. The average molecular weight is 268 g/mol. The third-order valence-corrected chi connectivity index (χ3v) is 2.79. The summed E-state index contributed by atoms with van der Waals surface area (Å²) in [4.78, 5) is 0. The van der Waals surface area contributed by atoms with Crippen LogP contribution in [-0.4, -0.2) is 20.1 Å². The van der Waals surface area contributed by atoms with Gasteiger partial charge in [-0.2, -0.15) is 0 Å². The van der Waals surface area contributed by atoms with E-state index in [1.165, 1.54) is 0 Å². The smallest absolute Gasteiger partial charge is 0.156 e. The molecule has 0 aliphatic heterocycles. The van der Waals surface area contributed by atoms with Gasteiger partial charge < -0.3 is 5.11 Å². The Labute approximate surface area is 95.7 Å². The van der Waals surface area contributed by atoms with Gasteiger partial charge in [-0.15, -0.1) is 5.10 Å². The molecule has 0 saturated carbocycles. The molecule has 0 aliphatic rings. The van der Waals surface area contributed by atoms with Crippen molar-refractivity contribution in [2.75, 3.05) is 0 Å². The molecule has 4 nitrogen and oxygen atoms in total. The predicted molar refractivity (Wildman–Crippen MR) is 60.5 cm³/mol. The predicted octanol–water partition coefficient (Wildman–Crippen LogP) is 2.26. The standard InChI is InChI=1S/C10H10BrN3O/c1-6-5-7(3-4-8(6)15)9-10(11)12-13-14(9)2/h3-5,15H,1-2H3. The van der Waals surface area contributed by atoms with Crippen LogP contribution in [-0.2, 0) is 7.05 Å². The number of aryl methyl sites for hydroxylation is 2. The first kappa shape index (κ1) is 10.2. The molecule has 0 bridgehead atoms. The van der Waals surface area contributed by atoms with Crippen molar-refractivity contribution in [3.05, 3.63) is 28.4 Å². The maximum absolute atomic E-state index is 9.43. The van der Waals surface area contributed by atoms with Gasteiger partial charge in [-0.3, -0.25) is 0 Å². The first-order valence-corrected chi connectivity index (χ1v) is 5.24. The quantitative estimate of drug-likeness (QED) is 0.863. The van der Waals surface area contributed by atoms with E-state index < -0.39 is 0 Å². The summed E-state index contributed by atoms with van der Waals surface area (Å²) in [7, 11) is 1.83. The Balaban J connectivity index is 2.59. The maximum Gasteiger partial charge on any atom is 0.156 e. The average Bonchev–Trinajstić information content (AvgIpc) is 2.52. The van der Waals surface area contributed by atoms with Crippen molar-refractivity contribution in [2.24, 2.45) is 7.05 Å². The summed E-state index contributed by atoms with van der Waals surface area (Å²) in [5, 5.41) is 17.2. The topological polar surface area (TPSA) is 50.9 Å². The largest absolute Gasteiger partial charge is 0.508 e. The molecular formula is C10H10BrN3O. The first-order valence-electron chi connectivity index (χ1n) is 4.45. The van der Waals surface area contributed by atoms with Gasteiger partial charge in [0.1, 0.15) is 11.4 Å². The van der Waals surface area contributed by atoms with Gasteiger partial charge in [0.2, 0.25) is 0 Å². The molecule has 1 aromatic heterocycles. The van der Waals surface area contributed by atoms with Gasteiger partial charge in [-0.05, 0) is 46.6 Å². The third-order valence-electron chi connectivity index (χ3n) is 2.26. The van der Waals surface area contributed by atoms with Gasteiger partial charge in [0.25, 0.3) is 0 Å². The van der Waals surface area contributed by atoms with Crippen molar-refractivity contribution in [3.8, 4) is 17.0 Å². The summed E-state index contributed by atoms with van der Waals surface area (Å²) in [5.41, 5.74) is 2.71. The minimum absolute atomic E-state index is 0.296. The van der Waals surface area contributed by atoms with Gasteiger partial charge in [0.15, 0.2) is 4.60 Å². The lowest BCUT2D eigenvalue weighted by Gasteiger charge is -2.04. The summed E-state index contributed by atoms with van der Waals surface area (Å²) in [6.07, 6.45) is 0. The Kier molecular flexibility index (Phi) is 2.48. The Morgan fingerprint density at radius 1 is 1.40 bits per heavy atom. The molecule has 2 rings (SSSR count). The van der Waals surface area contributed by atoms with Crippen LogP contribution in [0.4, 0.5) is 0 Å². The number of nitrogens with zero attached hydrogens (tertiary/aromatic N) is 3. The summed E-state index contributed by atoms with van der Waals surface area (Å²) in [6.45, 7) is 1.86. The van der Waals surface area contributed by atoms with E-state index in [4.69, 9.17) is 0 Å². The highest BCUT2D eigenvalue weighted by molar-refractivity contribution is 9.10. The van der Waals surface area contributed by atoms with Gasteiger partial charge in [-0.25, -0.2) is 4.68 Å². The fourth-order valence-electron chi connectivity index (χ4n) is 1.44. The molecule has 0 unspecified atom stereocenters. The fraction of sp³-hybridized carbons (Fsp3) is 0.200. The fourth-order valence-corrected chi connectivity index (χ4v) is 2.00. The minimum Gasteiger partial charge on any atom is -0.508 e.